The number of hydrogen-bond donors (Lipinski definition) is 1. The van der Waals surface area contributed by atoms with Crippen molar-refractivity contribution < 1.29 is 19.0 Å². The number of esters is 1. The maximum atomic E-state index is 14.7. The van der Waals surface area contributed by atoms with E-state index in [-0.39, 0.29) is 23.5 Å². The number of aromatic hydroxyl groups is 1. The predicted octanol–water partition coefficient (Wildman–Crippen LogP) is 3.79. The summed E-state index contributed by atoms with van der Waals surface area (Å²) in [5, 5.41) is 9.26. The molecule has 2 rings (SSSR count). The molecule has 3 nitrogen and oxygen atoms in total. The van der Waals surface area contributed by atoms with Crippen LogP contribution in [0.3, 0.4) is 0 Å². The Balaban J connectivity index is 2.54. The highest BCUT2D eigenvalue weighted by molar-refractivity contribution is 6.23. The Morgan fingerprint density at radius 1 is 1.05 bits per heavy atom. The summed E-state index contributed by atoms with van der Waals surface area (Å²) in [7, 11) is 0. The highest BCUT2D eigenvalue weighted by Crippen LogP contribution is 2.29. The van der Waals surface area contributed by atoms with Crippen molar-refractivity contribution in [3.63, 3.8) is 0 Å². The fourth-order valence-corrected chi connectivity index (χ4v) is 1.89. The molecule has 0 saturated carbocycles. The van der Waals surface area contributed by atoms with Crippen molar-refractivity contribution in [2.45, 2.75) is 6.92 Å². The molecule has 2 aromatic carbocycles. The predicted molar refractivity (Wildman–Crippen MR) is 79.1 cm³/mol. The van der Waals surface area contributed by atoms with E-state index in [9.17, 15) is 14.3 Å². The molecule has 0 bridgehead atoms. The SMILES string of the molecule is CCOC(=O)/C(=C(/F)c1ccc(O)cc1)c1ccccc1. The van der Waals surface area contributed by atoms with Gasteiger partial charge in [0, 0.05) is 5.56 Å². The molecule has 0 atom stereocenters. The molecule has 0 amide bonds. The number of ether oxygens (including phenoxy) is 1. The van der Waals surface area contributed by atoms with Gasteiger partial charge in [-0.1, -0.05) is 30.3 Å². The van der Waals surface area contributed by atoms with Crippen LogP contribution in [0.2, 0.25) is 0 Å². The topological polar surface area (TPSA) is 46.5 Å². The number of rotatable bonds is 4. The molecule has 0 fully saturated rings. The highest BCUT2D eigenvalue weighted by atomic mass is 19.1. The molecule has 1 N–H and O–H groups in total. The molecule has 4 heteroatoms. The molecule has 0 heterocycles. The first-order valence-electron chi connectivity index (χ1n) is 6.55. The van der Waals surface area contributed by atoms with Gasteiger partial charge < -0.3 is 9.84 Å². The molecule has 0 aliphatic rings. The van der Waals surface area contributed by atoms with Gasteiger partial charge in [0.05, 0.1) is 6.61 Å². The Morgan fingerprint density at radius 2 is 1.67 bits per heavy atom. The molecule has 0 aliphatic carbocycles. The smallest absolute Gasteiger partial charge is 0.341 e. The van der Waals surface area contributed by atoms with Gasteiger partial charge in [-0.3, -0.25) is 0 Å². The van der Waals surface area contributed by atoms with E-state index >= 15 is 0 Å². The van der Waals surface area contributed by atoms with E-state index in [4.69, 9.17) is 4.74 Å². The second-order valence-corrected chi connectivity index (χ2v) is 4.32. The maximum Gasteiger partial charge on any atom is 0.341 e. The molecule has 0 aliphatic heterocycles. The van der Waals surface area contributed by atoms with Gasteiger partial charge >= 0.3 is 5.97 Å². The van der Waals surface area contributed by atoms with Gasteiger partial charge in [0.15, 0.2) is 0 Å². The number of carbonyl (C=O) groups is 1. The summed E-state index contributed by atoms with van der Waals surface area (Å²) in [5.74, 6) is -1.36. The van der Waals surface area contributed by atoms with Gasteiger partial charge in [-0.05, 0) is 36.8 Å². The number of halogens is 1. The first-order valence-corrected chi connectivity index (χ1v) is 6.55. The minimum absolute atomic E-state index is 0.0314. The Morgan fingerprint density at radius 3 is 2.24 bits per heavy atom. The van der Waals surface area contributed by atoms with Gasteiger partial charge in [0.1, 0.15) is 17.1 Å². The lowest BCUT2D eigenvalue weighted by Gasteiger charge is -2.09. The molecule has 0 unspecified atom stereocenters. The van der Waals surface area contributed by atoms with E-state index in [1.807, 2.05) is 0 Å². The molecular weight excluding hydrogens is 271 g/mol. The van der Waals surface area contributed by atoms with Crippen molar-refractivity contribution in [1.29, 1.82) is 0 Å². The summed E-state index contributed by atoms with van der Waals surface area (Å²) < 4.78 is 19.6. The second kappa shape index (κ2) is 6.70. The zero-order valence-electron chi connectivity index (χ0n) is 11.5. The molecule has 0 aromatic heterocycles. The standard InChI is InChI=1S/C17H15FO3/c1-2-21-17(20)15(12-6-4-3-5-7-12)16(18)13-8-10-14(19)11-9-13/h3-11,19H,2H2,1H3/b16-15+. The van der Waals surface area contributed by atoms with Crippen molar-refractivity contribution in [2.75, 3.05) is 6.61 Å². The third kappa shape index (κ3) is 3.48. The van der Waals surface area contributed by atoms with Crippen LogP contribution in [-0.2, 0) is 9.53 Å². The fraction of sp³-hybridized carbons (Fsp3) is 0.118. The summed E-state index contributed by atoms with van der Waals surface area (Å²) in [6.07, 6.45) is 0. The minimum atomic E-state index is -0.714. The lowest BCUT2D eigenvalue weighted by atomic mass is 10.0. The van der Waals surface area contributed by atoms with E-state index in [0.29, 0.717) is 5.56 Å². The summed E-state index contributed by atoms with van der Waals surface area (Å²) >= 11 is 0. The highest BCUT2D eigenvalue weighted by Gasteiger charge is 2.20. The van der Waals surface area contributed by atoms with E-state index < -0.39 is 11.8 Å². The summed E-state index contributed by atoms with van der Waals surface area (Å²) in [6.45, 7) is 1.83. The van der Waals surface area contributed by atoms with Crippen LogP contribution in [-0.4, -0.2) is 17.7 Å². The largest absolute Gasteiger partial charge is 0.508 e. The van der Waals surface area contributed by atoms with Crippen LogP contribution in [0.5, 0.6) is 5.75 Å². The zero-order valence-corrected chi connectivity index (χ0v) is 11.5. The zero-order chi connectivity index (χ0) is 15.2. The number of carbonyl (C=O) groups excluding carboxylic acids is 1. The Kier molecular flexibility index (Phi) is 4.72. The summed E-state index contributed by atoms with van der Waals surface area (Å²) in [5.41, 5.74) is 0.532. The summed E-state index contributed by atoms with van der Waals surface area (Å²) in [4.78, 5) is 12.1. The summed E-state index contributed by atoms with van der Waals surface area (Å²) in [6, 6.07) is 14.1. The van der Waals surface area contributed by atoms with E-state index in [1.165, 1.54) is 24.3 Å². The van der Waals surface area contributed by atoms with Gasteiger partial charge in [-0.15, -0.1) is 0 Å². The third-order valence-electron chi connectivity index (χ3n) is 2.88. The first-order chi connectivity index (χ1) is 10.1. The molecule has 0 radical (unpaired) electrons. The van der Waals surface area contributed by atoms with Crippen molar-refractivity contribution >= 4 is 17.4 Å². The molecule has 0 saturated heterocycles. The van der Waals surface area contributed by atoms with Crippen LogP contribution >= 0.6 is 0 Å². The van der Waals surface area contributed by atoms with Crippen LogP contribution in [0.25, 0.3) is 11.4 Å². The van der Waals surface area contributed by atoms with Gasteiger partial charge in [0.2, 0.25) is 0 Å². The van der Waals surface area contributed by atoms with E-state index in [2.05, 4.69) is 0 Å². The fourth-order valence-electron chi connectivity index (χ4n) is 1.89. The van der Waals surface area contributed by atoms with E-state index in [1.54, 1.807) is 37.3 Å². The molecule has 21 heavy (non-hydrogen) atoms. The van der Waals surface area contributed by atoms with Crippen LogP contribution in [0.1, 0.15) is 18.1 Å². The number of phenols is 1. The quantitative estimate of drug-likeness (QED) is 0.528. The van der Waals surface area contributed by atoms with Crippen molar-refractivity contribution in [2.24, 2.45) is 0 Å². The van der Waals surface area contributed by atoms with Crippen LogP contribution < -0.4 is 0 Å². The second-order valence-electron chi connectivity index (χ2n) is 4.32. The average Bonchev–Trinajstić information content (AvgIpc) is 2.49. The number of hydrogen-bond acceptors (Lipinski definition) is 3. The van der Waals surface area contributed by atoms with E-state index in [0.717, 1.165) is 0 Å². The Bertz CT molecular complexity index is 645. The molecule has 108 valence electrons. The molecule has 0 spiro atoms. The Labute approximate surface area is 122 Å². The van der Waals surface area contributed by atoms with Gasteiger partial charge in [-0.25, -0.2) is 9.18 Å². The first kappa shape index (κ1) is 14.8. The lowest BCUT2D eigenvalue weighted by molar-refractivity contribution is -0.136. The van der Waals surface area contributed by atoms with Gasteiger partial charge in [0.25, 0.3) is 0 Å². The van der Waals surface area contributed by atoms with Crippen molar-refractivity contribution in [3.8, 4) is 5.75 Å². The number of benzene rings is 2. The molecular formula is C17H15FO3. The number of phenolic OH excluding ortho intramolecular Hbond substituents is 1. The minimum Gasteiger partial charge on any atom is -0.508 e. The van der Waals surface area contributed by atoms with Crippen LogP contribution in [0.4, 0.5) is 4.39 Å². The van der Waals surface area contributed by atoms with Crippen LogP contribution in [0, 0.1) is 0 Å². The average molecular weight is 286 g/mol. The monoisotopic (exact) mass is 286 g/mol. The van der Waals surface area contributed by atoms with Gasteiger partial charge in [-0.2, -0.15) is 0 Å². The lowest BCUT2D eigenvalue weighted by Crippen LogP contribution is -2.08. The third-order valence-corrected chi connectivity index (χ3v) is 2.88. The Hall–Kier alpha value is -2.62. The normalized spacial score (nSPS) is 11.7. The molecule has 2 aromatic rings. The maximum absolute atomic E-state index is 14.7. The van der Waals surface area contributed by atoms with Crippen LogP contribution in [0.15, 0.2) is 54.6 Å². The van der Waals surface area contributed by atoms with Crippen molar-refractivity contribution in [3.05, 3.63) is 65.7 Å². The van der Waals surface area contributed by atoms with Crippen molar-refractivity contribution in [1.82, 2.24) is 0 Å².